The van der Waals surface area contributed by atoms with Gasteiger partial charge in [0.25, 0.3) is 0 Å². The lowest BCUT2D eigenvalue weighted by Gasteiger charge is -2.07. The molecule has 0 atom stereocenters. The van der Waals surface area contributed by atoms with E-state index in [1.165, 1.54) is 0 Å². The van der Waals surface area contributed by atoms with Gasteiger partial charge in [-0.05, 0) is 36.6 Å². The zero-order valence-electron chi connectivity index (χ0n) is 10.1. The summed E-state index contributed by atoms with van der Waals surface area (Å²) in [5.41, 5.74) is 0.814. The van der Waals surface area contributed by atoms with Crippen LogP contribution in [0.5, 0.6) is 5.75 Å². The van der Waals surface area contributed by atoms with Crippen molar-refractivity contribution < 1.29 is 9.53 Å². The van der Waals surface area contributed by atoms with Crippen LogP contribution in [0.2, 0.25) is 0 Å². The molecule has 0 aromatic heterocycles. The molecule has 16 heavy (non-hydrogen) atoms. The fourth-order valence-electron chi connectivity index (χ4n) is 1.32. The number of benzene rings is 1. The van der Waals surface area contributed by atoms with E-state index in [9.17, 15) is 4.79 Å². The highest BCUT2D eigenvalue weighted by atomic mass is 16.5. The lowest BCUT2D eigenvalue weighted by atomic mass is 10.1. The van der Waals surface area contributed by atoms with Gasteiger partial charge in [0.15, 0.2) is 0 Å². The Hall–Kier alpha value is -1.51. The molecule has 0 spiro atoms. The summed E-state index contributed by atoms with van der Waals surface area (Å²) in [4.78, 5) is 11.5. The van der Waals surface area contributed by atoms with Crippen LogP contribution in [-0.4, -0.2) is 13.0 Å². The van der Waals surface area contributed by atoms with Crippen molar-refractivity contribution in [1.29, 1.82) is 0 Å². The molecule has 1 N–H and O–H groups in total. The Morgan fingerprint density at radius 2 is 1.94 bits per heavy atom. The second-order valence-electron chi connectivity index (χ2n) is 4.21. The SMILES string of the molecule is COc1ccc(NC(=O)CCC(C)C)cc1. The molecule has 88 valence electrons. The quantitative estimate of drug-likeness (QED) is 0.829. The minimum Gasteiger partial charge on any atom is -0.497 e. The van der Waals surface area contributed by atoms with E-state index in [0.717, 1.165) is 17.9 Å². The zero-order valence-corrected chi connectivity index (χ0v) is 10.1. The average molecular weight is 221 g/mol. The Labute approximate surface area is 96.8 Å². The highest BCUT2D eigenvalue weighted by Crippen LogP contribution is 2.15. The Morgan fingerprint density at radius 3 is 2.44 bits per heavy atom. The molecule has 0 aliphatic rings. The van der Waals surface area contributed by atoms with Gasteiger partial charge in [0.1, 0.15) is 5.75 Å². The van der Waals surface area contributed by atoms with Crippen molar-refractivity contribution in [2.75, 3.05) is 12.4 Å². The highest BCUT2D eigenvalue weighted by molar-refractivity contribution is 5.90. The number of anilines is 1. The molecular formula is C13H19NO2. The highest BCUT2D eigenvalue weighted by Gasteiger charge is 2.03. The molecule has 1 amide bonds. The number of amides is 1. The summed E-state index contributed by atoms with van der Waals surface area (Å²) < 4.78 is 5.04. The molecule has 0 bridgehead atoms. The molecule has 0 saturated carbocycles. The summed E-state index contributed by atoms with van der Waals surface area (Å²) in [5.74, 6) is 1.42. The normalized spacial score (nSPS) is 10.2. The monoisotopic (exact) mass is 221 g/mol. The summed E-state index contributed by atoms with van der Waals surface area (Å²) in [6.07, 6.45) is 1.49. The predicted molar refractivity (Wildman–Crippen MR) is 65.7 cm³/mol. The smallest absolute Gasteiger partial charge is 0.224 e. The number of hydrogen-bond donors (Lipinski definition) is 1. The Bertz CT molecular complexity index is 330. The van der Waals surface area contributed by atoms with Gasteiger partial charge in [-0.1, -0.05) is 13.8 Å². The molecule has 0 unspecified atom stereocenters. The second-order valence-corrected chi connectivity index (χ2v) is 4.21. The van der Waals surface area contributed by atoms with Crippen molar-refractivity contribution in [3.8, 4) is 5.75 Å². The summed E-state index contributed by atoms with van der Waals surface area (Å²) in [6.45, 7) is 4.22. The van der Waals surface area contributed by atoms with E-state index in [4.69, 9.17) is 4.74 Å². The first kappa shape index (κ1) is 12.6. The van der Waals surface area contributed by atoms with Gasteiger partial charge < -0.3 is 10.1 Å². The molecule has 3 heteroatoms. The largest absolute Gasteiger partial charge is 0.497 e. The standard InChI is InChI=1S/C13H19NO2/c1-10(2)4-9-13(15)14-11-5-7-12(16-3)8-6-11/h5-8,10H,4,9H2,1-3H3,(H,14,15). The maximum Gasteiger partial charge on any atom is 0.224 e. The van der Waals surface area contributed by atoms with Crippen LogP contribution in [0.25, 0.3) is 0 Å². The Kier molecular flexibility index (Phi) is 4.83. The molecule has 0 fully saturated rings. The van der Waals surface area contributed by atoms with Crippen LogP contribution in [0.15, 0.2) is 24.3 Å². The molecule has 0 radical (unpaired) electrons. The molecule has 1 aromatic carbocycles. The van der Waals surface area contributed by atoms with E-state index >= 15 is 0 Å². The number of rotatable bonds is 5. The maximum absolute atomic E-state index is 11.5. The van der Waals surface area contributed by atoms with Gasteiger partial charge in [0.2, 0.25) is 5.91 Å². The van der Waals surface area contributed by atoms with Crippen molar-refractivity contribution in [2.45, 2.75) is 26.7 Å². The Balaban J connectivity index is 2.43. The molecule has 1 rings (SSSR count). The number of nitrogens with one attached hydrogen (secondary N) is 1. The fraction of sp³-hybridized carbons (Fsp3) is 0.462. The predicted octanol–water partition coefficient (Wildman–Crippen LogP) is 3.07. The van der Waals surface area contributed by atoms with Gasteiger partial charge in [-0.3, -0.25) is 4.79 Å². The van der Waals surface area contributed by atoms with Crippen LogP contribution in [0.4, 0.5) is 5.69 Å². The van der Waals surface area contributed by atoms with E-state index in [0.29, 0.717) is 12.3 Å². The zero-order chi connectivity index (χ0) is 12.0. The number of hydrogen-bond acceptors (Lipinski definition) is 2. The minimum absolute atomic E-state index is 0.0684. The van der Waals surface area contributed by atoms with Gasteiger partial charge in [-0.15, -0.1) is 0 Å². The lowest BCUT2D eigenvalue weighted by molar-refractivity contribution is -0.116. The van der Waals surface area contributed by atoms with E-state index in [2.05, 4.69) is 19.2 Å². The first-order valence-electron chi connectivity index (χ1n) is 5.55. The summed E-state index contributed by atoms with van der Waals surface area (Å²) in [6, 6.07) is 7.34. The third-order valence-electron chi connectivity index (χ3n) is 2.32. The van der Waals surface area contributed by atoms with Crippen LogP contribution in [0.1, 0.15) is 26.7 Å². The van der Waals surface area contributed by atoms with Crippen molar-refractivity contribution in [2.24, 2.45) is 5.92 Å². The first-order chi connectivity index (χ1) is 7.61. The molecule has 0 aliphatic heterocycles. The molecule has 0 saturated heterocycles. The summed E-state index contributed by atoms with van der Waals surface area (Å²) >= 11 is 0. The first-order valence-corrected chi connectivity index (χ1v) is 5.55. The van der Waals surface area contributed by atoms with Crippen LogP contribution in [0, 0.1) is 5.92 Å². The van der Waals surface area contributed by atoms with Crippen LogP contribution < -0.4 is 10.1 Å². The van der Waals surface area contributed by atoms with E-state index in [1.54, 1.807) is 7.11 Å². The number of carbonyl (C=O) groups is 1. The van der Waals surface area contributed by atoms with Crippen molar-refractivity contribution in [1.82, 2.24) is 0 Å². The third kappa shape index (κ3) is 4.34. The lowest BCUT2D eigenvalue weighted by Crippen LogP contribution is -2.11. The van der Waals surface area contributed by atoms with E-state index < -0.39 is 0 Å². The number of methoxy groups -OCH3 is 1. The van der Waals surface area contributed by atoms with Gasteiger partial charge in [0, 0.05) is 12.1 Å². The molecule has 0 aliphatic carbocycles. The van der Waals surface area contributed by atoms with E-state index in [1.807, 2.05) is 24.3 Å². The van der Waals surface area contributed by atoms with Crippen molar-refractivity contribution in [3.63, 3.8) is 0 Å². The van der Waals surface area contributed by atoms with Crippen LogP contribution >= 0.6 is 0 Å². The topological polar surface area (TPSA) is 38.3 Å². The van der Waals surface area contributed by atoms with Crippen LogP contribution in [-0.2, 0) is 4.79 Å². The van der Waals surface area contributed by atoms with Crippen molar-refractivity contribution in [3.05, 3.63) is 24.3 Å². The van der Waals surface area contributed by atoms with Gasteiger partial charge in [-0.25, -0.2) is 0 Å². The van der Waals surface area contributed by atoms with Crippen LogP contribution in [0.3, 0.4) is 0 Å². The average Bonchev–Trinajstić information content (AvgIpc) is 2.27. The van der Waals surface area contributed by atoms with Gasteiger partial charge in [-0.2, -0.15) is 0 Å². The molecule has 3 nitrogen and oxygen atoms in total. The molecule has 1 aromatic rings. The summed E-state index contributed by atoms with van der Waals surface area (Å²) in [5, 5.41) is 2.85. The number of carbonyl (C=O) groups excluding carboxylic acids is 1. The third-order valence-corrected chi connectivity index (χ3v) is 2.32. The van der Waals surface area contributed by atoms with E-state index in [-0.39, 0.29) is 5.91 Å². The van der Waals surface area contributed by atoms with Gasteiger partial charge in [0.05, 0.1) is 7.11 Å². The van der Waals surface area contributed by atoms with Gasteiger partial charge >= 0.3 is 0 Å². The molecule has 0 heterocycles. The maximum atomic E-state index is 11.5. The Morgan fingerprint density at radius 1 is 1.31 bits per heavy atom. The fourth-order valence-corrected chi connectivity index (χ4v) is 1.32. The summed E-state index contributed by atoms with van der Waals surface area (Å²) in [7, 11) is 1.62. The number of ether oxygens (including phenoxy) is 1. The second kappa shape index (κ2) is 6.16. The molecular weight excluding hydrogens is 202 g/mol. The van der Waals surface area contributed by atoms with Crippen molar-refractivity contribution >= 4 is 11.6 Å². The minimum atomic E-state index is 0.0684.